The minimum Gasteiger partial charge on any atom is -0.381 e. The quantitative estimate of drug-likeness (QED) is 0.512. The molecule has 6 rings (SSSR count). The normalized spacial score (nSPS) is 22.5. The summed E-state index contributed by atoms with van der Waals surface area (Å²) in [5.41, 5.74) is 6.16. The molecular formula is C27H32IN3O2. The van der Waals surface area contributed by atoms with Gasteiger partial charge in [-0.15, -0.1) is 0 Å². The average molecular weight is 557 g/mol. The molecular weight excluding hydrogens is 525 g/mol. The number of piperidine rings is 1. The van der Waals surface area contributed by atoms with Crippen LogP contribution in [0.15, 0.2) is 36.4 Å². The van der Waals surface area contributed by atoms with E-state index in [-0.39, 0.29) is 11.3 Å². The molecule has 3 fully saturated rings. The number of amides is 1. The molecule has 1 aliphatic carbocycles. The Kier molecular flexibility index (Phi) is 5.36. The third-order valence-corrected chi connectivity index (χ3v) is 9.22. The first-order valence-corrected chi connectivity index (χ1v) is 13.3. The predicted octanol–water partition coefficient (Wildman–Crippen LogP) is 5.42. The molecule has 174 valence electrons. The van der Waals surface area contributed by atoms with E-state index < -0.39 is 0 Å². The van der Waals surface area contributed by atoms with Crippen molar-refractivity contribution < 1.29 is 9.53 Å². The number of rotatable bonds is 3. The van der Waals surface area contributed by atoms with Crippen molar-refractivity contribution in [2.24, 2.45) is 5.41 Å². The van der Waals surface area contributed by atoms with E-state index >= 15 is 0 Å². The monoisotopic (exact) mass is 557 g/mol. The van der Waals surface area contributed by atoms with Crippen molar-refractivity contribution in [3.05, 3.63) is 51.1 Å². The van der Waals surface area contributed by atoms with Gasteiger partial charge in [0.1, 0.15) is 0 Å². The predicted molar refractivity (Wildman–Crippen MR) is 142 cm³/mol. The van der Waals surface area contributed by atoms with Crippen molar-refractivity contribution in [1.82, 2.24) is 0 Å². The molecule has 0 radical (unpaired) electrons. The van der Waals surface area contributed by atoms with Gasteiger partial charge in [0.2, 0.25) is 0 Å². The number of hydrogen-bond acceptors (Lipinski definition) is 4. The van der Waals surface area contributed by atoms with Gasteiger partial charge in [-0.05, 0) is 108 Å². The first kappa shape index (κ1) is 21.7. The van der Waals surface area contributed by atoms with Crippen molar-refractivity contribution in [1.29, 1.82) is 0 Å². The third-order valence-electron chi connectivity index (χ3n) is 8.55. The van der Waals surface area contributed by atoms with E-state index in [4.69, 9.17) is 4.74 Å². The van der Waals surface area contributed by atoms with Crippen molar-refractivity contribution in [3.63, 3.8) is 0 Å². The minimum absolute atomic E-state index is 0.0135. The molecule has 3 heterocycles. The van der Waals surface area contributed by atoms with Crippen molar-refractivity contribution in [2.75, 3.05) is 55.0 Å². The Morgan fingerprint density at radius 3 is 2.45 bits per heavy atom. The second kappa shape index (κ2) is 8.15. The van der Waals surface area contributed by atoms with E-state index in [9.17, 15) is 4.79 Å². The molecule has 2 spiro atoms. The molecule has 33 heavy (non-hydrogen) atoms. The first-order valence-electron chi connectivity index (χ1n) is 12.3. The van der Waals surface area contributed by atoms with Crippen LogP contribution in [0.3, 0.4) is 0 Å². The number of hydrogen-bond donors (Lipinski definition) is 1. The number of ether oxygens (including phenoxy) is 1. The number of anilines is 3. The molecule has 0 aromatic heterocycles. The van der Waals surface area contributed by atoms with Crippen LogP contribution in [0.25, 0.3) is 0 Å². The fourth-order valence-electron chi connectivity index (χ4n) is 6.24. The zero-order valence-electron chi connectivity index (χ0n) is 19.3. The zero-order valence-corrected chi connectivity index (χ0v) is 21.5. The van der Waals surface area contributed by atoms with Crippen LogP contribution in [-0.4, -0.2) is 45.8 Å². The second-order valence-corrected chi connectivity index (χ2v) is 11.8. The largest absolute Gasteiger partial charge is 0.381 e. The second-order valence-electron chi connectivity index (χ2n) is 10.6. The maximum absolute atomic E-state index is 13.5. The molecule has 2 aromatic carbocycles. The van der Waals surface area contributed by atoms with Gasteiger partial charge in [-0.2, -0.15) is 0 Å². The lowest BCUT2D eigenvalue weighted by atomic mass is 9.76. The van der Waals surface area contributed by atoms with Crippen LogP contribution in [0.4, 0.5) is 17.1 Å². The van der Waals surface area contributed by atoms with Crippen LogP contribution in [0.2, 0.25) is 0 Å². The Labute approximate surface area is 210 Å². The Hall–Kier alpha value is -1.80. The van der Waals surface area contributed by atoms with Crippen molar-refractivity contribution in [3.8, 4) is 0 Å². The highest BCUT2D eigenvalue weighted by atomic mass is 127. The van der Waals surface area contributed by atoms with Crippen LogP contribution < -0.4 is 15.1 Å². The van der Waals surface area contributed by atoms with E-state index in [1.54, 1.807) is 0 Å². The molecule has 1 saturated carbocycles. The van der Waals surface area contributed by atoms with Gasteiger partial charge in [0.25, 0.3) is 5.91 Å². The number of carbonyl (C=O) groups excluding carboxylic acids is 1. The van der Waals surface area contributed by atoms with E-state index in [0.717, 1.165) is 62.6 Å². The number of nitrogens with one attached hydrogen (secondary N) is 1. The molecule has 3 aliphatic heterocycles. The van der Waals surface area contributed by atoms with Gasteiger partial charge in [-0.3, -0.25) is 4.79 Å². The summed E-state index contributed by atoms with van der Waals surface area (Å²) in [5, 5.41) is 3.23. The van der Waals surface area contributed by atoms with Crippen LogP contribution in [0, 0.1) is 8.99 Å². The number of likely N-dealkylation sites (N-methyl/N-ethyl adjacent to an activating group) is 1. The number of halogens is 1. The Balaban J connectivity index is 1.26. The molecule has 0 bridgehead atoms. The summed E-state index contributed by atoms with van der Waals surface area (Å²) < 4.78 is 6.84. The summed E-state index contributed by atoms with van der Waals surface area (Å²) in [7, 11) is 2.17. The van der Waals surface area contributed by atoms with Crippen LogP contribution in [-0.2, 0) is 10.2 Å². The number of benzene rings is 2. The van der Waals surface area contributed by atoms with Gasteiger partial charge in [-0.25, -0.2) is 0 Å². The molecule has 4 aliphatic rings. The summed E-state index contributed by atoms with van der Waals surface area (Å²) >= 11 is 2.35. The van der Waals surface area contributed by atoms with Gasteiger partial charge in [0.05, 0.1) is 11.3 Å². The van der Waals surface area contributed by atoms with E-state index in [2.05, 4.69) is 69.0 Å². The number of fused-ring (bicyclic) bond motifs is 2. The summed E-state index contributed by atoms with van der Waals surface area (Å²) in [4.78, 5) is 18.3. The maximum Gasteiger partial charge on any atom is 0.257 e. The molecule has 0 atom stereocenters. The summed E-state index contributed by atoms with van der Waals surface area (Å²) in [5.74, 6) is -0.0135. The van der Waals surface area contributed by atoms with Crippen LogP contribution in [0.1, 0.15) is 54.4 Å². The average Bonchev–Trinajstić information content (AvgIpc) is 3.52. The van der Waals surface area contributed by atoms with Gasteiger partial charge in [0, 0.05) is 60.3 Å². The smallest absolute Gasteiger partial charge is 0.257 e. The van der Waals surface area contributed by atoms with Crippen molar-refractivity contribution >= 4 is 45.6 Å². The lowest BCUT2D eigenvalue weighted by molar-refractivity contribution is 0.0556. The standard InChI is InChI=1S/C27H32IN3O2/c1-30-18-27(10-14-33-15-11-27)22-17-20(3-5-23(22)30)29-25(32)21-4-2-19(28)16-24(21)31-12-8-26(6-7-26)9-13-31/h2-5,16-17H,6-15,18H2,1H3,(H,29,32). The van der Waals surface area contributed by atoms with Gasteiger partial charge in [-0.1, -0.05) is 0 Å². The minimum atomic E-state index is -0.0135. The number of carbonyl (C=O) groups is 1. The fraction of sp³-hybridized carbons (Fsp3) is 0.519. The maximum atomic E-state index is 13.5. The molecule has 2 saturated heterocycles. The molecule has 1 amide bonds. The van der Waals surface area contributed by atoms with Crippen molar-refractivity contribution in [2.45, 2.75) is 43.9 Å². The van der Waals surface area contributed by atoms with Gasteiger partial charge >= 0.3 is 0 Å². The lowest BCUT2D eigenvalue weighted by Gasteiger charge is -2.35. The molecule has 5 nitrogen and oxygen atoms in total. The zero-order chi connectivity index (χ0) is 22.6. The van der Waals surface area contributed by atoms with Crippen LogP contribution in [0.5, 0.6) is 0 Å². The highest BCUT2D eigenvalue weighted by Crippen LogP contribution is 2.54. The number of nitrogens with zero attached hydrogens (tertiary/aromatic N) is 2. The Morgan fingerprint density at radius 2 is 1.73 bits per heavy atom. The van der Waals surface area contributed by atoms with E-state index in [0.29, 0.717) is 5.41 Å². The van der Waals surface area contributed by atoms with Crippen LogP contribution >= 0.6 is 22.6 Å². The fourth-order valence-corrected chi connectivity index (χ4v) is 6.72. The molecule has 2 aromatic rings. The molecule has 6 heteroatoms. The lowest BCUT2D eigenvalue weighted by Crippen LogP contribution is -2.37. The topological polar surface area (TPSA) is 44.8 Å². The molecule has 0 unspecified atom stereocenters. The summed E-state index contributed by atoms with van der Waals surface area (Å²) in [6.07, 6.45) is 7.37. The van der Waals surface area contributed by atoms with Gasteiger partial charge in [0.15, 0.2) is 0 Å². The summed E-state index contributed by atoms with van der Waals surface area (Å²) in [6.45, 7) is 4.76. The first-order chi connectivity index (χ1) is 16.0. The highest BCUT2D eigenvalue weighted by molar-refractivity contribution is 14.1. The van der Waals surface area contributed by atoms with E-state index in [1.165, 1.54) is 40.5 Å². The Morgan fingerprint density at radius 1 is 0.970 bits per heavy atom. The van der Waals surface area contributed by atoms with Gasteiger partial charge < -0.3 is 19.9 Å². The van der Waals surface area contributed by atoms with E-state index in [1.807, 2.05) is 12.1 Å². The summed E-state index contributed by atoms with van der Waals surface area (Å²) in [6, 6.07) is 12.6. The highest BCUT2D eigenvalue weighted by Gasteiger charge is 2.45. The molecule has 1 N–H and O–H groups in total. The SMILES string of the molecule is CN1CC2(CCOCC2)c2cc(NC(=O)c3ccc(I)cc3N3CCC4(CC3)CC4)ccc21. The Bertz CT molecular complexity index is 1080. The third kappa shape index (κ3) is 3.93.